The first kappa shape index (κ1) is 20.4. The molecule has 1 atom stereocenters. The van der Waals surface area contributed by atoms with E-state index in [2.05, 4.69) is 98.2 Å². The van der Waals surface area contributed by atoms with E-state index in [9.17, 15) is 0 Å². The molecule has 0 radical (unpaired) electrons. The van der Waals surface area contributed by atoms with Crippen molar-refractivity contribution in [2.24, 2.45) is 0 Å². The molecule has 0 saturated heterocycles. The first-order valence-electron chi connectivity index (χ1n) is 11.0. The van der Waals surface area contributed by atoms with Crippen LogP contribution in [0.3, 0.4) is 0 Å². The molecule has 1 aliphatic rings. The Balaban J connectivity index is 1.85. The highest BCUT2D eigenvalue weighted by atomic mass is 79.9. The van der Waals surface area contributed by atoms with Crippen LogP contribution in [-0.2, 0) is 11.8 Å². The predicted octanol–water partition coefficient (Wildman–Crippen LogP) is 8.52. The molecule has 1 heteroatoms. The Morgan fingerprint density at radius 2 is 1.48 bits per heavy atom. The largest absolute Gasteiger partial charge is 0.0654 e. The van der Waals surface area contributed by atoms with E-state index >= 15 is 0 Å². The highest BCUT2D eigenvalue weighted by Crippen LogP contribution is 2.53. The van der Waals surface area contributed by atoms with Gasteiger partial charge < -0.3 is 0 Å². The number of benzene rings is 3. The first-order valence-corrected chi connectivity index (χ1v) is 11.8. The lowest BCUT2D eigenvalue weighted by Crippen LogP contribution is -2.23. The molecule has 0 bridgehead atoms. The third-order valence-corrected chi connectivity index (χ3v) is 7.05. The van der Waals surface area contributed by atoms with E-state index in [0.29, 0.717) is 0 Å². The molecule has 0 aliphatic heterocycles. The average Bonchev–Trinajstić information content (AvgIpc) is 2.94. The zero-order chi connectivity index (χ0) is 20.6. The molecule has 0 amide bonds. The maximum Gasteiger partial charge on any atom is 0.0436 e. The van der Waals surface area contributed by atoms with Crippen LogP contribution in [0, 0.1) is 13.8 Å². The molecule has 1 unspecified atom stereocenters. The molecule has 29 heavy (non-hydrogen) atoms. The Hall–Kier alpha value is -1.86. The fourth-order valence-electron chi connectivity index (χ4n) is 4.98. The van der Waals surface area contributed by atoms with Crippen LogP contribution in [0.4, 0.5) is 0 Å². The molecule has 3 aromatic rings. The molecular formula is C28H31Br. The fraction of sp³-hybridized carbons (Fsp3) is 0.357. The number of halogens is 1. The van der Waals surface area contributed by atoms with Gasteiger partial charge in [0.1, 0.15) is 0 Å². The Bertz CT molecular complexity index is 993. The summed E-state index contributed by atoms with van der Waals surface area (Å²) in [5.74, 6) is 0. The van der Waals surface area contributed by atoms with Gasteiger partial charge in [-0.3, -0.25) is 0 Å². The Morgan fingerprint density at radius 3 is 2.24 bits per heavy atom. The molecule has 3 aromatic carbocycles. The van der Waals surface area contributed by atoms with Gasteiger partial charge in [-0.15, -0.1) is 0 Å². The van der Waals surface area contributed by atoms with Gasteiger partial charge in [0.2, 0.25) is 0 Å². The quantitative estimate of drug-likeness (QED) is 0.332. The maximum atomic E-state index is 3.73. The number of unbranched alkanes of at least 4 members (excludes halogenated alkanes) is 3. The lowest BCUT2D eigenvalue weighted by atomic mass is 9.73. The van der Waals surface area contributed by atoms with Crippen molar-refractivity contribution in [1.29, 1.82) is 0 Å². The summed E-state index contributed by atoms with van der Waals surface area (Å²) in [6.45, 7) is 9.14. The van der Waals surface area contributed by atoms with Gasteiger partial charge in [0.15, 0.2) is 0 Å². The van der Waals surface area contributed by atoms with E-state index < -0.39 is 0 Å². The summed E-state index contributed by atoms with van der Waals surface area (Å²) >= 11 is 3.73. The van der Waals surface area contributed by atoms with Crippen molar-refractivity contribution >= 4 is 15.9 Å². The molecule has 0 N–H and O–H groups in total. The van der Waals surface area contributed by atoms with Gasteiger partial charge in [-0.05, 0) is 79.1 Å². The van der Waals surface area contributed by atoms with Crippen LogP contribution in [0.25, 0.3) is 11.1 Å². The van der Waals surface area contributed by atoms with Crippen molar-refractivity contribution in [1.82, 2.24) is 0 Å². The number of hydrogen-bond acceptors (Lipinski definition) is 0. The lowest BCUT2D eigenvalue weighted by Gasteiger charge is -2.29. The summed E-state index contributed by atoms with van der Waals surface area (Å²) < 4.78 is 1.15. The molecule has 1 aliphatic carbocycles. The molecule has 4 rings (SSSR count). The number of aryl methyl sites for hydroxylation is 3. The minimum atomic E-state index is -0.120. The SMILES string of the molecule is CCCCCCc1cc(C)cc(C2(C)c3cc(C)ccc3-c3ccc(Br)cc32)c1. The van der Waals surface area contributed by atoms with E-state index in [1.807, 2.05) is 0 Å². The van der Waals surface area contributed by atoms with Gasteiger partial charge in [0.05, 0.1) is 0 Å². The summed E-state index contributed by atoms with van der Waals surface area (Å²) in [7, 11) is 0. The second-order valence-electron chi connectivity index (χ2n) is 8.88. The van der Waals surface area contributed by atoms with Gasteiger partial charge >= 0.3 is 0 Å². The Morgan fingerprint density at radius 1 is 0.759 bits per heavy atom. The van der Waals surface area contributed by atoms with Crippen LogP contribution in [0.5, 0.6) is 0 Å². The number of hydrogen-bond donors (Lipinski definition) is 0. The standard InChI is InChI=1S/C28H31Br/c1-5-6-7-8-9-21-14-20(3)15-22(17-21)28(4)26-16-19(2)10-12-24(26)25-13-11-23(29)18-27(25)28/h10-18H,5-9H2,1-4H3. The molecule has 0 spiro atoms. The van der Waals surface area contributed by atoms with Gasteiger partial charge in [0, 0.05) is 9.89 Å². The van der Waals surface area contributed by atoms with E-state index in [0.717, 1.165) is 4.47 Å². The van der Waals surface area contributed by atoms with Crippen molar-refractivity contribution < 1.29 is 0 Å². The minimum Gasteiger partial charge on any atom is -0.0654 e. The van der Waals surface area contributed by atoms with Crippen molar-refractivity contribution in [3.05, 3.63) is 92.5 Å². The van der Waals surface area contributed by atoms with Gasteiger partial charge in [0.25, 0.3) is 0 Å². The summed E-state index contributed by atoms with van der Waals surface area (Å²) in [6, 6.07) is 21.0. The summed E-state index contributed by atoms with van der Waals surface area (Å²) in [5.41, 5.74) is 11.1. The smallest absolute Gasteiger partial charge is 0.0436 e. The van der Waals surface area contributed by atoms with Gasteiger partial charge in [-0.2, -0.15) is 0 Å². The van der Waals surface area contributed by atoms with E-state index in [4.69, 9.17) is 0 Å². The monoisotopic (exact) mass is 446 g/mol. The van der Waals surface area contributed by atoms with Crippen molar-refractivity contribution in [2.45, 2.75) is 65.2 Å². The Labute approximate surface area is 184 Å². The van der Waals surface area contributed by atoms with Crippen LogP contribution in [0.1, 0.15) is 72.9 Å². The van der Waals surface area contributed by atoms with Gasteiger partial charge in [-0.1, -0.05) is 95.7 Å². The maximum absolute atomic E-state index is 3.73. The second kappa shape index (κ2) is 8.11. The molecule has 0 saturated carbocycles. The van der Waals surface area contributed by atoms with Gasteiger partial charge in [-0.25, -0.2) is 0 Å². The molecular weight excluding hydrogens is 416 g/mol. The summed E-state index contributed by atoms with van der Waals surface area (Å²) in [5, 5.41) is 0. The normalized spacial score (nSPS) is 17.3. The minimum absolute atomic E-state index is 0.120. The molecule has 0 heterocycles. The van der Waals surface area contributed by atoms with Crippen LogP contribution in [-0.4, -0.2) is 0 Å². The average molecular weight is 447 g/mol. The molecule has 0 nitrogen and oxygen atoms in total. The van der Waals surface area contributed by atoms with Crippen molar-refractivity contribution in [3.8, 4) is 11.1 Å². The van der Waals surface area contributed by atoms with Crippen molar-refractivity contribution in [2.75, 3.05) is 0 Å². The first-order chi connectivity index (χ1) is 13.9. The van der Waals surface area contributed by atoms with Crippen LogP contribution >= 0.6 is 15.9 Å². The molecule has 150 valence electrons. The topological polar surface area (TPSA) is 0 Å². The number of fused-ring (bicyclic) bond motifs is 3. The number of rotatable bonds is 6. The third kappa shape index (κ3) is 3.70. The van der Waals surface area contributed by atoms with E-state index in [1.165, 1.54) is 76.6 Å². The zero-order valence-corrected chi connectivity index (χ0v) is 19.7. The van der Waals surface area contributed by atoms with E-state index in [-0.39, 0.29) is 5.41 Å². The second-order valence-corrected chi connectivity index (χ2v) is 9.80. The fourth-order valence-corrected chi connectivity index (χ4v) is 5.34. The predicted molar refractivity (Wildman–Crippen MR) is 129 cm³/mol. The highest BCUT2D eigenvalue weighted by Gasteiger charge is 2.41. The summed E-state index contributed by atoms with van der Waals surface area (Å²) in [4.78, 5) is 0. The lowest BCUT2D eigenvalue weighted by molar-refractivity contribution is 0.663. The van der Waals surface area contributed by atoms with E-state index in [1.54, 1.807) is 0 Å². The Kier molecular flexibility index (Phi) is 5.71. The molecule has 0 fully saturated rings. The highest BCUT2D eigenvalue weighted by molar-refractivity contribution is 9.10. The summed E-state index contributed by atoms with van der Waals surface area (Å²) in [6.07, 6.45) is 6.42. The van der Waals surface area contributed by atoms with Crippen LogP contribution in [0.2, 0.25) is 0 Å². The zero-order valence-electron chi connectivity index (χ0n) is 18.1. The van der Waals surface area contributed by atoms with Crippen LogP contribution < -0.4 is 0 Å². The van der Waals surface area contributed by atoms with Crippen LogP contribution in [0.15, 0.2) is 59.1 Å². The third-order valence-electron chi connectivity index (χ3n) is 6.56. The molecule has 0 aromatic heterocycles. The van der Waals surface area contributed by atoms with Crippen molar-refractivity contribution in [3.63, 3.8) is 0 Å².